The third-order valence-electron chi connectivity index (χ3n) is 1.91. The minimum absolute atomic E-state index is 0.392. The van der Waals surface area contributed by atoms with Gasteiger partial charge in [0.2, 0.25) is 0 Å². The van der Waals surface area contributed by atoms with Crippen molar-refractivity contribution in [3.63, 3.8) is 0 Å². The van der Waals surface area contributed by atoms with E-state index in [1.54, 1.807) is 43.0 Å². The third kappa shape index (κ3) is 4.94. The Balaban J connectivity index is 0.000000180. The molecule has 2 heterocycles. The monoisotopic (exact) mass is 276 g/mol. The lowest BCUT2D eigenvalue weighted by atomic mass is 10.3. The minimum atomic E-state index is 0.392. The van der Waals surface area contributed by atoms with Crippen LogP contribution in [0.1, 0.15) is 11.1 Å². The predicted octanol–water partition coefficient (Wildman–Crippen LogP) is 1.43. The van der Waals surface area contributed by atoms with Gasteiger partial charge < -0.3 is 11.5 Å². The molecule has 0 aliphatic carbocycles. The molecule has 2 aromatic rings. The second-order valence-corrected chi connectivity index (χ2v) is 4.09. The summed E-state index contributed by atoms with van der Waals surface area (Å²) < 4.78 is 0. The van der Waals surface area contributed by atoms with Crippen molar-refractivity contribution in [1.82, 2.24) is 9.97 Å². The summed E-state index contributed by atoms with van der Waals surface area (Å²) in [5.74, 6) is 0. The quantitative estimate of drug-likeness (QED) is 0.808. The zero-order valence-corrected chi connectivity index (χ0v) is 11.1. The normalized spacial score (nSPS) is 8.89. The molecule has 18 heavy (non-hydrogen) atoms. The number of rotatable bonds is 2. The largest absolute Gasteiger partial charge is 0.389 e. The molecular formula is C12H12N4S2. The van der Waals surface area contributed by atoms with Gasteiger partial charge in [-0.1, -0.05) is 24.4 Å². The zero-order chi connectivity index (χ0) is 13.4. The second kappa shape index (κ2) is 7.41. The standard InChI is InChI=1S/2C6H6N2S/c7-6(9)5-1-3-8-4-2-5;7-6(9)5-2-1-3-8-4-5/h2*1-4H,(H2,7,9). The second-order valence-electron chi connectivity index (χ2n) is 3.21. The van der Waals surface area contributed by atoms with E-state index in [2.05, 4.69) is 9.97 Å². The van der Waals surface area contributed by atoms with Gasteiger partial charge in [0.25, 0.3) is 0 Å². The Bertz CT molecular complexity index is 465. The molecule has 0 saturated carbocycles. The highest BCUT2D eigenvalue weighted by atomic mass is 32.1. The molecule has 0 saturated heterocycles. The molecule has 0 atom stereocenters. The van der Waals surface area contributed by atoms with E-state index in [9.17, 15) is 0 Å². The molecule has 2 aromatic heterocycles. The molecule has 0 aliphatic rings. The smallest absolute Gasteiger partial charge is 0.105 e. The maximum absolute atomic E-state index is 5.32. The molecule has 0 fully saturated rings. The number of pyridine rings is 2. The Morgan fingerprint density at radius 1 is 0.833 bits per heavy atom. The summed E-state index contributed by atoms with van der Waals surface area (Å²) in [6, 6.07) is 7.19. The summed E-state index contributed by atoms with van der Waals surface area (Å²) >= 11 is 9.41. The van der Waals surface area contributed by atoms with E-state index in [1.807, 2.05) is 6.07 Å². The van der Waals surface area contributed by atoms with Crippen LogP contribution in [0.25, 0.3) is 0 Å². The first-order valence-electron chi connectivity index (χ1n) is 5.01. The van der Waals surface area contributed by atoms with Crippen molar-refractivity contribution >= 4 is 34.4 Å². The zero-order valence-electron chi connectivity index (χ0n) is 9.48. The molecule has 0 spiro atoms. The van der Waals surface area contributed by atoms with Crippen LogP contribution in [0.5, 0.6) is 0 Å². The minimum Gasteiger partial charge on any atom is -0.389 e. The van der Waals surface area contributed by atoms with Crippen LogP contribution < -0.4 is 11.5 Å². The fourth-order valence-corrected chi connectivity index (χ4v) is 1.28. The summed E-state index contributed by atoms with van der Waals surface area (Å²) in [5.41, 5.74) is 12.3. The number of hydrogen-bond donors (Lipinski definition) is 2. The van der Waals surface area contributed by atoms with Gasteiger partial charge in [-0.3, -0.25) is 9.97 Å². The Hall–Kier alpha value is -1.92. The van der Waals surface area contributed by atoms with E-state index >= 15 is 0 Å². The van der Waals surface area contributed by atoms with Gasteiger partial charge in [0.05, 0.1) is 0 Å². The van der Waals surface area contributed by atoms with Crippen LogP contribution in [-0.4, -0.2) is 19.9 Å². The van der Waals surface area contributed by atoms with Gasteiger partial charge in [-0.05, 0) is 24.3 Å². The number of thiocarbonyl (C=S) groups is 2. The summed E-state index contributed by atoms with van der Waals surface area (Å²) in [7, 11) is 0. The lowest BCUT2D eigenvalue weighted by Gasteiger charge is -1.92. The first kappa shape index (κ1) is 14.1. The SMILES string of the molecule is NC(=S)c1cccnc1.NC(=S)c1ccncc1. The van der Waals surface area contributed by atoms with E-state index in [0.29, 0.717) is 9.98 Å². The van der Waals surface area contributed by atoms with Crippen LogP contribution in [0.4, 0.5) is 0 Å². The highest BCUT2D eigenvalue weighted by Crippen LogP contribution is 1.94. The van der Waals surface area contributed by atoms with Crippen LogP contribution in [0.2, 0.25) is 0 Å². The molecule has 0 aliphatic heterocycles. The molecule has 6 heteroatoms. The molecule has 4 nitrogen and oxygen atoms in total. The van der Waals surface area contributed by atoms with E-state index in [1.165, 1.54) is 0 Å². The van der Waals surface area contributed by atoms with Crippen LogP contribution in [0.3, 0.4) is 0 Å². The molecule has 0 unspecified atom stereocenters. The van der Waals surface area contributed by atoms with Gasteiger partial charge in [0, 0.05) is 35.9 Å². The van der Waals surface area contributed by atoms with Crippen LogP contribution in [0, 0.1) is 0 Å². The number of nitrogens with two attached hydrogens (primary N) is 2. The maximum Gasteiger partial charge on any atom is 0.105 e. The molecule has 0 amide bonds. The average molecular weight is 276 g/mol. The Morgan fingerprint density at radius 3 is 1.78 bits per heavy atom. The Kier molecular flexibility index (Phi) is 5.83. The summed E-state index contributed by atoms with van der Waals surface area (Å²) in [5, 5.41) is 0. The summed E-state index contributed by atoms with van der Waals surface area (Å²) in [4.78, 5) is 8.46. The summed E-state index contributed by atoms with van der Waals surface area (Å²) in [6.07, 6.45) is 6.65. The molecule has 0 bridgehead atoms. The van der Waals surface area contributed by atoms with Gasteiger partial charge in [0.1, 0.15) is 9.98 Å². The number of hydrogen-bond acceptors (Lipinski definition) is 4. The molecule has 0 aromatic carbocycles. The fourth-order valence-electron chi connectivity index (χ4n) is 1.02. The van der Waals surface area contributed by atoms with E-state index in [0.717, 1.165) is 11.1 Å². The lowest BCUT2D eigenvalue weighted by Crippen LogP contribution is -2.08. The van der Waals surface area contributed by atoms with Gasteiger partial charge in [-0.15, -0.1) is 0 Å². The van der Waals surface area contributed by atoms with Gasteiger partial charge in [-0.2, -0.15) is 0 Å². The van der Waals surface area contributed by atoms with E-state index < -0.39 is 0 Å². The third-order valence-corrected chi connectivity index (χ3v) is 2.38. The van der Waals surface area contributed by atoms with E-state index in [-0.39, 0.29) is 0 Å². The van der Waals surface area contributed by atoms with Gasteiger partial charge in [-0.25, -0.2) is 0 Å². The predicted molar refractivity (Wildman–Crippen MR) is 80.2 cm³/mol. The van der Waals surface area contributed by atoms with Crippen LogP contribution in [-0.2, 0) is 0 Å². The molecule has 92 valence electrons. The van der Waals surface area contributed by atoms with Crippen molar-refractivity contribution in [2.45, 2.75) is 0 Å². The van der Waals surface area contributed by atoms with Crippen molar-refractivity contribution in [3.05, 3.63) is 60.2 Å². The Labute approximate surface area is 116 Å². The topological polar surface area (TPSA) is 77.8 Å². The van der Waals surface area contributed by atoms with Crippen molar-refractivity contribution in [3.8, 4) is 0 Å². The van der Waals surface area contributed by atoms with Crippen molar-refractivity contribution in [1.29, 1.82) is 0 Å². The van der Waals surface area contributed by atoms with Crippen molar-refractivity contribution < 1.29 is 0 Å². The maximum atomic E-state index is 5.32. The molecule has 2 rings (SSSR count). The highest BCUT2D eigenvalue weighted by molar-refractivity contribution is 7.80. The van der Waals surface area contributed by atoms with Crippen molar-refractivity contribution in [2.24, 2.45) is 11.5 Å². The van der Waals surface area contributed by atoms with Gasteiger partial charge in [0.15, 0.2) is 0 Å². The average Bonchev–Trinajstić information content (AvgIpc) is 2.41. The lowest BCUT2D eigenvalue weighted by molar-refractivity contribution is 1.32. The molecule has 0 radical (unpaired) electrons. The first-order valence-corrected chi connectivity index (χ1v) is 5.82. The number of nitrogens with zero attached hydrogens (tertiary/aromatic N) is 2. The highest BCUT2D eigenvalue weighted by Gasteiger charge is 1.90. The fraction of sp³-hybridized carbons (Fsp3) is 0. The molecular weight excluding hydrogens is 264 g/mol. The van der Waals surface area contributed by atoms with E-state index in [4.69, 9.17) is 35.9 Å². The Morgan fingerprint density at radius 2 is 1.44 bits per heavy atom. The first-order chi connectivity index (χ1) is 8.61. The van der Waals surface area contributed by atoms with Crippen LogP contribution in [0.15, 0.2) is 49.1 Å². The summed E-state index contributed by atoms with van der Waals surface area (Å²) in [6.45, 7) is 0. The van der Waals surface area contributed by atoms with Crippen molar-refractivity contribution in [2.75, 3.05) is 0 Å². The molecule has 4 N–H and O–H groups in total. The van der Waals surface area contributed by atoms with Gasteiger partial charge >= 0.3 is 0 Å². The van der Waals surface area contributed by atoms with Crippen LogP contribution >= 0.6 is 24.4 Å². The number of aromatic nitrogens is 2.